The molecule has 4 aromatic rings. The minimum absolute atomic E-state index is 0.103. The molecular weight excluding hydrogens is 436 g/mol. The first-order valence-electron chi connectivity index (χ1n) is 10.4. The molecule has 4 heterocycles. The van der Waals surface area contributed by atoms with Gasteiger partial charge in [-0.25, -0.2) is 0 Å². The van der Waals surface area contributed by atoms with Gasteiger partial charge >= 0.3 is 0 Å². The summed E-state index contributed by atoms with van der Waals surface area (Å²) in [5.74, 6) is 0.858. The fraction of sp³-hybridized carbons (Fsp3) is 0.160. The van der Waals surface area contributed by atoms with Gasteiger partial charge in [0, 0.05) is 30.0 Å². The highest BCUT2D eigenvalue weighted by Gasteiger charge is 2.41. The van der Waals surface area contributed by atoms with Gasteiger partial charge in [-0.15, -0.1) is 0 Å². The number of hydrogen-bond acceptors (Lipinski definition) is 5. The zero-order valence-electron chi connectivity index (χ0n) is 17.5. The second kappa shape index (κ2) is 9.14. The molecule has 1 fully saturated rings. The lowest BCUT2D eigenvalue weighted by molar-refractivity contribution is 0.254. The van der Waals surface area contributed by atoms with Crippen molar-refractivity contribution in [3.63, 3.8) is 0 Å². The number of furan rings is 1. The average molecular weight is 459 g/mol. The lowest BCUT2D eigenvalue weighted by atomic mass is 10.0. The van der Waals surface area contributed by atoms with Gasteiger partial charge < -0.3 is 14.6 Å². The van der Waals surface area contributed by atoms with Crippen LogP contribution in [0.2, 0.25) is 0 Å². The fourth-order valence-corrected chi connectivity index (χ4v) is 4.92. The Morgan fingerprint density at radius 2 is 1.81 bits per heavy atom. The monoisotopic (exact) mass is 458 g/mol. The van der Waals surface area contributed by atoms with Gasteiger partial charge in [0.2, 0.25) is 0 Å². The zero-order valence-corrected chi connectivity index (χ0v) is 19.1. The molecule has 0 unspecified atom stereocenters. The van der Waals surface area contributed by atoms with E-state index in [1.165, 1.54) is 5.56 Å². The normalized spacial score (nSPS) is 18.0. The number of pyridine rings is 2. The first-order chi connectivity index (χ1) is 15.7. The van der Waals surface area contributed by atoms with E-state index in [0.29, 0.717) is 11.7 Å². The van der Waals surface area contributed by atoms with Crippen LogP contribution in [0.5, 0.6) is 0 Å². The van der Waals surface area contributed by atoms with Crippen LogP contribution < -0.4 is 5.32 Å². The molecule has 5 nitrogen and oxygen atoms in total. The minimum atomic E-state index is -0.113. The van der Waals surface area contributed by atoms with Crippen molar-refractivity contribution in [2.75, 3.05) is 0 Å². The van der Waals surface area contributed by atoms with Gasteiger partial charge in [0.05, 0.1) is 11.7 Å². The quantitative estimate of drug-likeness (QED) is 0.372. The molecule has 0 aliphatic carbocycles. The molecule has 1 aromatic carbocycles. The number of benzene rings is 1. The van der Waals surface area contributed by atoms with Crippen LogP contribution in [-0.4, -0.2) is 20.0 Å². The van der Waals surface area contributed by atoms with E-state index in [9.17, 15) is 0 Å². The molecule has 7 heteroatoms. The lowest BCUT2D eigenvalue weighted by Gasteiger charge is -2.26. The molecule has 32 heavy (non-hydrogen) atoms. The van der Waals surface area contributed by atoms with E-state index in [1.807, 2.05) is 48.7 Å². The van der Waals surface area contributed by atoms with E-state index in [1.54, 1.807) is 24.2 Å². The standard InChI is InChI=1S/C25H22N4OS2/c1-17-5-7-19(8-6-17)32-22-10-9-21(30-22)24-23(20-4-2-3-13-27-20)28-25(31)29(24)16-18-11-14-26-15-12-18/h2-15,23-24H,16H2,1H3,(H,28,31)/t23-,24-/m1/s1. The predicted molar refractivity (Wildman–Crippen MR) is 129 cm³/mol. The molecule has 3 aromatic heterocycles. The first-order valence-corrected chi connectivity index (χ1v) is 11.6. The molecule has 160 valence electrons. The van der Waals surface area contributed by atoms with Crippen LogP contribution in [0.1, 0.15) is 34.7 Å². The van der Waals surface area contributed by atoms with Crippen molar-refractivity contribution in [3.8, 4) is 0 Å². The van der Waals surface area contributed by atoms with Crippen LogP contribution in [0.25, 0.3) is 0 Å². The molecule has 5 rings (SSSR count). The largest absolute Gasteiger partial charge is 0.452 e. The Hall–Kier alpha value is -3.16. The van der Waals surface area contributed by atoms with Crippen molar-refractivity contribution in [1.29, 1.82) is 0 Å². The summed E-state index contributed by atoms with van der Waals surface area (Å²) >= 11 is 7.36. The van der Waals surface area contributed by atoms with E-state index >= 15 is 0 Å². The molecule has 1 aliphatic rings. The maximum Gasteiger partial charge on any atom is 0.170 e. The summed E-state index contributed by atoms with van der Waals surface area (Å²) in [6.45, 7) is 2.74. The highest BCUT2D eigenvalue weighted by atomic mass is 32.2. The summed E-state index contributed by atoms with van der Waals surface area (Å²) in [6.07, 6.45) is 5.41. The molecular formula is C25H22N4OS2. The summed E-state index contributed by atoms with van der Waals surface area (Å²) in [5, 5.41) is 5.01. The molecule has 0 amide bonds. The minimum Gasteiger partial charge on any atom is -0.452 e. The molecule has 2 atom stereocenters. The van der Waals surface area contributed by atoms with Gasteiger partial charge in [-0.05, 0) is 73.2 Å². The van der Waals surface area contributed by atoms with Gasteiger partial charge in [0.1, 0.15) is 11.8 Å². The van der Waals surface area contributed by atoms with Crippen LogP contribution in [0.15, 0.2) is 99.7 Å². The van der Waals surface area contributed by atoms with Gasteiger partial charge in [-0.3, -0.25) is 9.97 Å². The lowest BCUT2D eigenvalue weighted by Crippen LogP contribution is -2.29. The summed E-state index contributed by atoms with van der Waals surface area (Å²) in [7, 11) is 0. The molecule has 0 saturated carbocycles. The van der Waals surface area contributed by atoms with E-state index in [2.05, 4.69) is 51.4 Å². The van der Waals surface area contributed by atoms with E-state index < -0.39 is 0 Å². The third kappa shape index (κ3) is 4.40. The van der Waals surface area contributed by atoms with Crippen LogP contribution in [0.3, 0.4) is 0 Å². The number of aromatic nitrogens is 2. The fourth-order valence-electron chi connectivity index (χ4n) is 3.84. The first kappa shape index (κ1) is 20.7. The van der Waals surface area contributed by atoms with Crippen molar-refractivity contribution < 1.29 is 4.42 Å². The third-order valence-electron chi connectivity index (χ3n) is 5.43. The third-order valence-corrected chi connectivity index (χ3v) is 6.71. The Morgan fingerprint density at radius 1 is 1.00 bits per heavy atom. The van der Waals surface area contributed by atoms with E-state index in [-0.39, 0.29) is 12.1 Å². The van der Waals surface area contributed by atoms with Crippen molar-refractivity contribution in [2.24, 2.45) is 0 Å². The maximum atomic E-state index is 6.35. The summed E-state index contributed by atoms with van der Waals surface area (Å²) < 4.78 is 6.35. The summed E-state index contributed by atoms with van der Waals surface area (Å²) in [4.78, 5) is 12.0. The highest BCUT2D eigenvalue weighted by molar-refractivity contribution is 7.99. The maximum absolute atomic E-state index is 6.35. The van der Waals surface area contributed by atoms with Crippen molar-refractivity contribution in [2.45, 2.75) is 35.5 Å². The van der Waals surface area contributed by atoms with Crippen LogP contribution in [0, 0.1) is 6.92 Å². The molecule has 0 bridgehead atoms. The van der Waals surface area contributed by atoms with Crippen LogP contribution >= 0.6 is 24.0 Å². The van der Waals surface area contributed by atoms with Gasteiger partial charge in [-0.1, -0.05) is 35.5 Å². The van der Waals surface area contributed by atoms with Gasteiger partial charge in [-0.2, -0.15) is 0 Å². The summed E-state index contributed by atoms with van der Waals surface area (Å²) in [5.41, 5.74) is 3.31. The van der Waals surface area contributed by atoms with Crippen molar-refractivity contribution in [1.82, 2.24) is 20.2 Å². The van der Waals surface area contributed by atoms with Crippen molar-refractivity contribution in [3.05, 3.63) is 108 Å². The van der Waals surface area contributed by atoms with E-state index in [4.69, 9.17) is 16.6 Å². The second-order valence-electron chi connectivity index (χ2n) is 7.68. The predicted octanol–water partition coefficient (Wildman–Crippen LogP) is 5.70. The Kier molecular flexibility index (Phi) is 5.92. The topological polar surface area (TPSA) is 54.2 Å². The average Bonchev–Trinajstić information content (AvgIpc) is 3.41. The number of hydrogen-bond donors (Lipinski definition) is 1. The molecule has 1 aliphatic heterocycles. The number of nitrogens with zero attached hydrogens (tertiary/aromatic N) is 3. The second-order valence-corrected chi connectivity index (χ2v) is 9.15. The number of rotatable bonds is 6. The number of nitrogens with one attached hydrogen (secondary N) is 1. The molecule has 1 saturated heterocycles. The Bertz CT molecular complexity index is 1200. The number of aryl methyl sites for hydroxylation is 1. The van der Waals surface area contributed by atoms with Crippen molar-refractivity contribution >= 4 is 29.1 Å². The van der Waals surface area contributed by atoms with Crippen LogP contribution in [-0.2, 0) is 6.54 Å². The Morgan fingerprint density at radius 3 is 2.56 bits per heavy atom. The van der Waals surface area contributed by atoms with E-state index in [0.717, 1.165) is 27.0 Å². The Balaban J connectivity index is 1.47. The summed E-state index contributed by atoms with van der Waals surface area (Å²) in [6, 6.07) is 22.3. The smallest absolute Gasteiger partial charge is 0.170 e. The van der Waals surface area contributed by atoms with Gasteiger partial charge in [0.15, 0.2) is 10.2 Å². The zero-order chi connectivity index (χ0) is 21.9. The SMILES string of the molecule is Cc1ccc(Sc2ccc([C@@H]3[C@@H](c4ccccn4)NC(=S)N3Cc3ccncc3)o2)cc1. The Labute approximate surface area is 196 Å². The van der Waals surface area contributed by atoms with Crippen LogP contribution in [0.4, 0.5) is 0 Å². The molecule has 0 radical (unpaired) electrons. The number of thiocarbonyl (C=S) groups is 1. The molecule has 1 N–H and O–H groups in total. The van der Waals surface area contributed by atoms with Gasteiger partial charge in [0.25, 0.3) is 0 Å². The molecule has 0 spiro atoms. The highest BCUT2D eigenvalue weighted by Crippen LogP contribution is 2.41.